The van der Waals surface area contributed by atoms with Gasteiger partial charge in [0.25, 0.3) is 0 Å². The highest BCUT2D eigenvalue weighted by Gasteiger charge is 2.17. The van der Waals surface area contributed by atoms with E-state index in [2.05, 4.69) is 5.32 Å². The molecule has 0 fully saturated rings. The van der Waals surface area contributed by atoms with Crippen molar-refractivity contribution in [1.29, 1.82) is 0 Å². The van der Waals surface area contributed by atoms with Crippen LogP contribution in [-0.2, 0) is 0 Å². The third-order valence-corrected chi connectivity index (χ3v) is 2.46. The van der Waals surface area contributed by atoms with E-state index in [4.69, 9.17) is 10.5 Å². The van der Waals surface area contributed by atoms with E-state index in [-0.39, 0.29) is 6.10 Å². The molecule has 1 aromatic rings. The van der Waals surface area contributed by atoms with Crippen LogP contribution in [0.15, 0.2) is 6.07 Å². The molecule has 0 amide bonds. The van der Waals surface area contributed by atoms with E-state index in [0.717, 1.165) is 22.3 Å². The first-order valence-electron chi connectivity index (χ1n) is 3.55. The number of hydrogen-bond donors (Lipinski definition) is 2. The summed E-state index contributed by atoms with van der Waals surface area (Å²) in [6, 6.07) is 1.91. The zero-order valence-electron chi connectivity index (χ0n) is 6.26. The second kappa shape index (κ2) is 2.30. The molecule has 3 N–H and O–H groups in total. The van der Waals surface area contributed by atoms with Crippen LogP contribution < -0.4 is 15.8 Å². The fourth-order valence-corrected chi connectivity index (χ4v) is 1.93. The van der Waals surface area contributed by atoms with Crippen molar-refractivity contribution in [2.24, 2.45) is 0 Å². The van der Waals surface area contributed by atoms with Crippen LogP contribution in [0, 0.1) is 0 Å². The largest absolute Gasteiger partial charge is 0.477 e. The predicted molar refractivity (Wildman–Crippen MR) is 47.3 cm³/mol. The van der Waals surface area contributed by atoms with Gasteiger partial charge in [0, 0.05) is 0 Å². The maximum Gasteiger partial charge on any atom is 0.199 e. The fourth-order valence-electron chi connectivity index (χ4n) is 1.08. The quantitative estimate of drug-likeness (QED) is 0.620. The van der Waals surface area contributed by atoms with Crippen LogP contribution >= 0.6 is 11.3 Å². The van der Waals surface area contributed by atoms with Gasteiger partial charge in [0.15, 0.2) is 5.06 Å². The zero-order chi connectivity index (χ0) is 7.84. The first kappa shape index (κ1) is 6.79. The molecule has 0 saturated heterocycles. The molecule has 0 aliphatic carbocycles. The normalized spacial score (nSPS) is 21.7. The lowest BCUT2D eigenvalue weighted by Crippen LogP contribution is -2.26. The third kappa shape index (κ3) is 1.14. The van der Waals surface area contributed by atoms with E-state index in [1.165, 1.54) is 11.3 Å². The van der Waals surface area contributed by atoms with Gasteiger partial charge in [-0.2, -0.15) is 0 Å². The topological polar surface area (TPSA) is 47.3 Å². The van der Waals surface area contributed by atoms with Crippen LogP contribution in [0.3, 0.4) is 0 Å². The Labute approximate surface area is 69.2 Å². The minimum absolute atomic E-state index is 0.251. The minimum atomic E-state index is 0.251. The first-order valence-corrected chi connectivity index (χ1v) is 4.37. The Morgan fingerprint density at radius 3 is 3.45 bits per heavy atom. The molecule has 2 rings (SSSR count). The van der Waals surface area contributed by atoms with Gasteiger partial charge in [-0.05, 0) is 13.0 Å². The first-order chi connectivity index (χ1) is 5.25. The van der Waals surface area contributed by atoms with E-state index in [9.17, 15) is 0 Å². The molecule has 0 aromatic carbocycles. The Bertz CT molecular complexity index is 271. The molecular weight excluding hydrogens is 160 g/mol. The van der Waals surface area contributed by atoms with Crippen molar-refractivity contribution in [2.45, 2.75) is 13.0 Å². The molecule has 1 aliphatic heterocycles. The van der Waals surface area contributed by atoms with Gasteiger partial charge in [0.05, 0.1) is 17.2 Å². The van der Waals surface area contributed by atoms with E-state index in [1.807, 2.05) is 13.0 Å². The van der Waals surface area contributed by atoms with Crippen molar-refractivity contribution in [1.82, 2.24) is 0 Å². The number of thiophene rings is 1. The summed E-state index contributed by atoms with van der Waals surface area (Å²) in [5.41, 5.74) is 6.64. The number of anilines is 2. The van der Waals surface area contributed by atoms with Gasteiger partial charge < -0.3 is 15.8 Å². The molecule has 1 aliphatic rings. The van der Waals surface area contributed by atoms with E-state index in [0.29, 0.717) is 0 Å². The van der Waals surface area contributed by atoms with Crippen LogP contribution in [0.4, 0.5) is 10.7 Å². The SMILES string of the molecule is CC1CNc2cc(N)sc2O1. The summed E-state index contributed by atoms with van der Waals surface area (Å²) < 4.78 is 5.53. The highest BCUT2D eigenvalue weighted by molar-refractivity contribution is 7.18. The molecule has 1 atom stereocenters. The van der Waals surface area contributed by atoms with Gasteiger partial charge in [-0.25, -0.2) is 0 Å². The monoisotopic (exact) mass is 170 g/mol. The van der Waals surface area contributed by atoms with Crippen LogP contribution in [0.5, 0.6) is 5.06 Å². The average molecular weight is 170 g/mol. The molecule has 1 aromatic heterocycles. The Hall–Kier alpha value is -0.900. The van der Waals surface area contributed by atoms with Gasteiger partial charge in [0.2, 0.25) is 0 Å². The Morgan fingerprint density at radius 2 is 2.64 bits per heavy atom. The zero-order valence-corrected chi connectivity index (χ0v) is 7.07. The molecule has 3 nitrogen and oxygen atoms in total. The molecule has 11 heavy (non-hydrogen) atoms. The minimum Gasteiger partial charge on any atom is -0.477 e. The maximum absolute atomic E-state index is 5.60. The van der Waals surface area contributed by atoms with Crippen LogP contribution in [0.1, 0.15) is 6.92 Å². The Kier molecular flexibility index (Phi) is 1.42. The van der Waals surface area contributed by atoms with E-state index in [1.54, 1.807) is 0 Å². The molecule has 4 heteroatoms. The predicted octanol–water partition coefficient (Wildman–Crippen LogP) is 1.52. The maximum atomic E-state index is 5.60. The molecule has 0 radical (unpaired) electrons. The molecule has 2 heterocycles. The van der Waals surface area contributed by atoms with Crippen LogP contribution in [-0.4, -0.2) is 12.6 Å². The number of rotatable bonds is 0. The number of fused-ring (bicyclic) bond motifs is 1. The standard InChI is InChI=1S/C7H10N2OS/c1-4-3-9-5-2-6(8)11-7(5)10-4/h2,4,9H,3,8H2,1H3. The molecule has 60 valence electrons. The Morgan fingerprint density at radius 1 is 1.82 bits per heavy atom. The second-order valence-corrected chi connectivity index (χ2v) is 3.71. The molecule has 0 spiro atoms. The van der Waals surface area contributed by atoms with Crippen molar-refractivity contribution in [3.05, 3.63) is 6.07 Å². The van der Waals surface area contributed by atoms with Gasteiger partial charge in [-0.3, -0.25) is 0 Å². The number of nitrogens with one attached hydrogen (secondary N) is 1. The number of nitrogens with two attached hydrogens (primary N) is 1. The average Bonchev–Trinajstić information content (AvgIpc) is 2.27. The number of hydrogen-bond acceptors (Lipinski definition) is 4. The molecule has 1 unspecified atom stereocenters. The summed E-state index contributed by atoms with van der Waals surface area (Å²) in [7, 11) is 0. The summed E-state index contributed by atoms with van der Waals surface area (Å²) in [5.74, 6) is 0. The molecular formula is C7H10N2OS. The summed E-state index contributed by atoms with van der Waals surface area (Å²) in [5, 5.41) is 4.96. The lowest BCUT2D eigenvalue weighted by molar-refractivity contribution is 0.234. The highest BCUT2D eigenvalue weighted by Crippen LogP contribution is 2.39. The summed E-state index contributed by atoms with van der Waals surface area (Å²) in [4.78, 5) is 0. The lowest BCUT2D eigenvalue weighted by atomic mass is 10.3. The van der Waals surface area contributed by atoms with Gasteiger partial charge in [-0.15, -0.1) is 0 Å². The van der Waals surface area contributed by atoms with Crippen molar-refractivity contribution in [2.75, 3.05) is 17.6 Å². The van der Waals surface area contributed by atoms with Gasteiger partial charge >= 0.3 is 0 Å². The van der Waals surface area contributed by atoms with Crippen molar-refractivity contribution >= 4 is 22.0 Å². The Balaban J connectivity index is 2.34. The lowest BCUT2D eigenvalue weighted by Gasteiger charge is -2.21. The van der Waals surface area contributed by atoms with Crippen molar-refractivity contribution < 1.29 is 4.74 Å². The number of ether oxygens (including phenoxy) is 1. The van der Waals surface area contributed by atoms with Gasteiger partial charge in [0.1, 0.15) is 6.10 Å². The fraction of sp³-hybridized carbons (Fsp3) is 0.429. The summed E-state index contributed by atoms with van der Waals surface area (Å²) in [6.45, 7) is 2.90. The smallest absolute Gasteiger partial charge is 0.199 e. The highest BCUT2D eigenvalue weighted by atomic mass is 32.1. The molecule has 0 saturated carbocycles. The number of nitrogen functional groups attached to an aromatic ring is 1. The van der Waals surface area contributed by atoms with Crippen LogP contribution in [0.2, 0.25) is 0 Å². The van der Waals surface area contributed by atoms with Crippen molar-refractivity contribution in [3.8, 4) is 5.06 Å². The van der Waals surface area contributed by atoms with Crippen molar-refractivity contribution in [3.63, 3.8) is 0 Å². The molecule has 0 bridgehead atoms. The van der Waals surface area contributed by atoms with E-state index < -0.39 is 0 Å². The van der Waals surface area contributed by atoms with E-state index >= 15 is 0 Å². The summed E-state index contributed by atoms with van der Waals surface area (Å²) in [6.07, 6.45) is 0.251. The third-order valence-electron chi connectivity index (χ3n) is 1.61. The second-order valence-electron chi connectivity index (χ2n) is 2.66. The van der Waals surface area contributed by atoms with Crippen LogP contribution in [0.25, 0.3) is 0 Å². The summed E-state index contributed by atoms with van der Waals surface area (Å²) >= 11 is 1.49. The van der Waals surface area contributed by atoms with Gasteiger partial charge in [-0.1, -0.05) is 11.3 Å².